The summed E-state index contributed by atoms with van der Waals surface area (Å²) in [7, 11) is 2.44. The lowest BCUT2D eigenvalue weighted by Gasteiger charge is -2.22. The molecule has 4 N–H and O–H groups in total. The van der Waals surface area contributed by atoms with E-state index in [4.69, 9.17) is 9.47 Å². The Morgan fingerprint density at radius 2 is 0.692 bits per heavy atom. The van der Waals surface area contributed by atoms with Crippen LogP contribution in [0.1, 0.15) is 101 Å². The van der Waals surface area contributed by atoms with E-state index in [1.54, 1.807) is 24.3 Å². The van der Waals surface area contributed by atoms with Crippen LogP contribution in [0, 0.1) is 0 Å². The Hall–Kier alpha value is -5.92. The minimum atomic E-state index is -4.76. The number of hydrogen-bond acceptors (Lipinski definition) is 4. The summed E-state index contributed by atoms with van der Waals surface area (Å²) in [6.07, 6.45) is -9.52. The van der Waals surface area contributed by atoms with Crippen LogP contribution < -0.4 is 0 Å². The molecule has 1 aliphatic heterocycles. The molecule has 0 unspecified atom stereocenters. The van der Waals surface area contributed by atoms with Crippen LogP contribution in [-0.4, -0.2) is 58.4 Å². The van der Waals surface area contributed by atoms with Crippen LogP contribution in [0.5, 0.6) is 0 Å². The van der Waals surface area contributed by atoms with Gasteiger partial charge in [0.1, 0.15) is 11.8 Å². The third kappa shape index (κ3) is 6.29. The molecule has 2 aromatic carbocycles. The largest absolute Gasteiger partial charge is 0.465 e. The van der Waals surface area contributed by atoms with Crippen molar-refractivity contribution in [2.45, 2.75) is 36.0 Å². The lowest BCUT2D eigenvalue weighted by atomic mass is 9.92. The van der Waals surface area contributed by atoms with E-state index in [1.807, 2.05) is 0 Å². The average Bonchev–Trinajstić information content (AvgIpc) is 3.94. The summed E-state index contributed by atoms with van der Waals surface area (Å²) in [6, 6.07) is 23.3. The summed E-state index contributed by atoms with van der Waals surface area (Å²) in [5, 5.41) is 0. The van der Waals surface area contributed by atoms with E-state index >= 15 is 0 Å². The van der Waals surface area contributed by atoms with Crippen LogP contribution in [0.15, 0.2) is 97.1 Å². The van der Waals surface area contributed by atoms with Gasteiger partial charge in [0.2, 0.25) is 0 Å². The molecule has 0 aliphatic carbocycles. The molecule has 7 rings (SSSR count). The molecule has 0 saturated heterocycles. The van der Waals surface area contributed by atoms with Gasteiger partial charge in [-0.15, -0.1) is 0 Å². The van der Waals surface area contributed by atoms with Crippen molar-refractivity contribution >= 4 is 11.9 Å². The Morgan fingerprint density at radius 1 is 0.442 bits per heavy atom. The summed E-state index contributed by atoms with van der Waals surface area (Å²) in [6.45, 7) is 0. The molecule has 0 fully saturated rings. The molecule has 8 bridgehead atoms. The first-order valence-electron chi connectivity index (χ1n) is 16.0. The Kier molecular flexibility index (Phi) is 8.63. The number of carbonyl (C=O) groups is 2. The van der Waals surface area contributed by atoms with Crippen molar-refractivity contribution in [3.63, 3.8) is 0 Å². The van der Waals surface area contributed by atoms with Crippen LogP contribution in [0.2, 0.25) is 0 Å². The maximum atomic E-state index is 15.0. The quantitative estimate of drug-likeness (QED) is 0.108. The van der Waals surface area contributed by atoms with Gasteiger partial charge < -0.3 is 29.4 Å². The van der Waals surface area contributed by atoms with Crippen molar-refractivity contribution < 1.29 is 45.4 Å². The zero-order chi connectivity index (χ0) is 36.9. The van der Waals surface area contributed by atoms with Gasteiger partial charge in [-0.2, -0.15) is 26.3 Å². The Balaban J connectivity index is 1.44. The van der Waals surface area contributed by atoms with Gasteiger partial charge in [-0.25, -0.2) is 9.59 Å². The van der Waals surface area contributed by atoms with E-state index in [-0.39, 0.29) is 56.7 Å². The first kappa shape index (κ1) is 34.5. The number of aromatic amines is 4. The van der Waals surface area contributed by atoms with E-state index in [2.05, 4.69) is 19.9 Å². The van der Waals surface area contributed by atoms with Crippen molar-refractivity contribution in [3.05, 3.63) is 165 Å². The summed E-state index contributed by atoms with van der Waals surface area (Å²) < 4.78 is 99.4. The number of rotatable bonds is 4. The van der Waals surface area contributed by atoms with Crippen LogP contribution in [0.25, 0.3) is 0 Å². The maximum absolute atomic E-state index is 15.0. The molecule has 1 aliphatic rings. The summed E-state index contributed by atoms with van der Waals surface area (Å²) in [4.78, 5) is 35.9. The highest BCUT2D eigenvalue weighted by Crippen LogP contribution is 2.45. The minimum Gasteiger partial charge on any atom is -0.465 e. The summed E-state index contributed by atoms with van der Waals surface area (Å²) >= 11 is 0. The minimum absolute atomic E-state index is 0.194. The predicted molar refractivity (Wildman–Crippen MR) is 176 cm³/mol. The number of hydrogen-bond donors (Lipinski definition) is 4. The van der Waals surface area contributed by atoms with Gasteiger partial charge in [0, 0.05) is 45.6 Å². The van der Waals surface area contributed by atoms with E-state index in [9.17, 15) is 35.9 Å². The lowest BCUT2D eigenvalue weighted by molar-refractivity contribution is -0.143. The monoisotopic (exact) mass is 720 g/mol. The SMILES string of the molecule is COC(=O)c1ccc(C2c3ccc([nH]3)C(C(F)(F)F)c3ccc([nH]3)C(c3ccc(C(=O)OC)cc3)c3ccc([nH]3)C(C(F)(F)F)c3ccc2[nH]3)cc1. The van der Waals surface area contributed by atoms with Gasteiger partial charge in [-0.3, -0.25) is 0 Å². The molecular formula is C38H30F6N4O4. The summed E-state index contributed by atoms with van der Waals surface area (Å²) in [5.41, 5.74) is 1.75. The van der Waals surface area contributed by atoms with Crippen molar-refractivity contribution in [1.82, 2.24) is 19.9 Å². The second-order valence-electron chi connectivity index (χ2n) is 12.5. The van der Waals surface area contributed by atoms with Crippen LogP contribution in [0.4, 0.5) is 26.3 Å². The number of benzene rings is 2. The van der Waals surface area contributed by atoms with Gasteiger partial charge in [0.15, 0.2) is 0 Å². The van der Waals surface area contributed by atoms with Crippen LogP contribution >= 0.6 is 0 Å². The fourth-order valence-corrected chi connectivity index (χ4v) is 7.02. The van der Waals surface area contributed by atoms with Crippen molar-refractivity contribution in [3.8, 4) is 0 Å². The maximum Gasteiger partial charge on any atom is 0.402 e. The van der Waals surface area contributed by atoms with E-state index < -0.39 is 48.0 Å². The van der Waals surface area contributed by atoms with Crippen molar-refractivity contribution in [1.29, 1.82) is 0 Å². The molecule has 0 atom stereocenters. The molecule has 52 heavy (non-hydrogen) atoms. The summed E-state index contributed by atoms with van der Waals surface area (Å²) in [5.74, 6) is -7.21. The Labute approximate surface area is 292 Å². The third-order valence-corrected chi connectivity index (χ3v) is 9.40. The molecular weight excluding hydrogens is 690 g/mol. The van der Waals surface area contributed by atoms with Crippen molar-refractivity contribution in [2.75, 3.05) is 14.2 Å². The molecule has 5 heterocycles. The fraction of sp³-hybridized carbons (Fsp3) is 0.211. The molecule has 0 amide bonds. The average molecular weight is 721 g/mol. The van der Waals surface area contributed by atoms with Gasteiger partial charge in [0.05, 0.1) is 37.2 Å². The number of methoxy groups -OCH3 is 2. The molecule has 0 saturated carbocycles. The third-order valence-electron chi connectivity index (χ3n) is 9.40. The second kappa shape index (κ2) is 13.0. The van der Waals surface area contributed by atoms with E-state index in [1.165, 1.54) is 87.0 Å². The topological polar surface area (TPSA) is 116 Å². The highest BCUT2D eigenvalue weighted by molar-refractivity contribution is 5.89. The fourth-order valence-electron chi connectivity index (χ4n) is 7.02. The Bertz CT molecular complexity index is 1980. The normalized spacial score (nSPS) is 18.9. The zero-order valence-electron chi connectivity index (χ0n) is 27.4. The molecule has 6 aromatic rings. The number of halogens is 6. The number of carbonyl (C=O) groups excluding carboxylic acids is 2. The van der Waals surface area contributed by atoms with Gasteiger partial charge in [-0.05, 0) is 83.9 Å². The first-order chi connectivity index (χ1) is 24.8. The smallest absolute Gasteiger partial charge is 0.402 e. The number of H-pyrrole nitrogens is 4. The van der Waals surface area contributed by atoms with Crippen LogP contribution in [-0.2, 0) is 9.47 Å². The molecule has 4 aromatic heterocycles. The molecule has 0 radical (unpaired) electrons. The number of ether oxygens (including phenoxy) is 2. The zero-order valence-corrected chi connectivity index (χ0v) is 27.4. The van der Waals surface area contributed by atoms with E-state index in [0.717, 1.165) is 0 Å². The number of fused-ring (bicyclic) bond motifs is 8. The molecule has 8 nitrogen and oxygen atoms in total. The van der Waals surface area contributed by atoms with Crippen molar-refractivity contribution in [2.24, 2.45) is 0 Å². The standard InChI is InChI=1S/C38H30F6N4O4/c1-51-35(49)21-7-3-19(4-8-21)31-23-11-15-27(45-23)33(37(39,40)41)29-17-13-25(47-29)32(20-5-9-22(10-6-20)36(50)52-2)26-14-18-30(48-26)34(38(42,43)44)28-16-12-24(31)46-28/h3-18,31-34,45-48H,1-2H3. The van der Waals surface area contributed by atoms with Gasteiger partial charge in [0.25, 0.3) is 0 Å². The highest BCUT2D eigenvalue weighted by atomic mass is 19.4. The first-order valence-corrected chi connectivity index (χ1v) is 16.0. The number of nitrogens with one attached hydrogen (secondary N) is 4. The number of esters is 2. The number of alkyl halides is 6. The molecule has 0 spiro atoms. The second-order valence-corrected chi connectivity index (χ2v) is 12.5. The highest BCUT2D eigenvalue weighted by Gasteiger charge is 2.46. The van der Waals surface area contributed by atoms with E-state index in [0.29, 0.717) is 11.1 Å². The number of aromatic nitrogens is 4. The van der Waals surface area contributed by atoms with Crippen LogP contribution in [0.3, 0.4) is 0 Å². The Morgan fingerprint density at radius 3 is 0.923 bits per heavy atom. The molecule has 268 valence electrons. The lowest BCUT2D eigenvalue weighted by Crippen LogP contribution is -2.23. The molecule has 14 heteroatoms. The van der Waals surface area contributed by atoms with Gasteiger partial charge >= 0.3 is 24.3 Å². The predicted octanol–water partition coefficient (Wildman–Crippen LogP) is 8.63. The van der Waals surface area contributed by atoms with Gasteiger partial charge in [-0.1, -0.05) is 24.3 Å².